The minimum Gasteiger partial charge on any atom is -0.449 e. The molecule has 5 amide bonds. The van der Waals surface area contributed by atoms with Crippen molar-refractivity contribution in [3.63, 3.8) is 0 Å². The van der Waals surface area contributed by atoms with Crippen molar-refractivity contribution in [2.75, 3.05) is 79.9 Å². The van der Waals surface area contributed by atoms with E-state index in [1.54, 1.807) is 26.4 Å². The van der Waals surface area contributed by atoms with Gasteiger partial charge in [-0.3, -0.25) is 0 Å². The summed E-state index contributed by atoms with van der Waals surface area (Å²) in [5.41, 5.74) is -1.02. The zero-order valence-corrected chi connectivity index (χ0v) is 37.0. The van der Waals surface area contributed by atoms with Crippen molar-refractivity contribution >= 4 is 45.8 Å². The molecule has 60 heavy (non-hydrogen) atoms. The number of hydrogen-bond donors (Lipinski definition) is 5. The fourth-order valence-electron chi connectivity index (χ4n) is 8.56. The predicted octanol–water partition coefficient (Wildman–Crippen LogP) is 5.12. The molecule has 0 aromatic carbocycles. The summed E-state index contributed by atoms with van der Waals surface area (Å²) in [7, 11) is 1.98. The number of nitrogens with one attached hydrogen (secondary N) is 5. The van der Waals surface area contributed by atoms with Gasteiger partial charge in [-0.05, 0) is 106 Å². The molecule has 0 spiro atoms. The highest BCUT2D eigenvalue weighted by atomic mass is 28.3. The number of isocyanates is 2. The first-order valence-corrected chi connectivity index (χ1v) is 23.4. The number of nitrogens with zero attached hydrogens (tertiary/aromatic N) is 2. The van der Waals surface area contributed by atoms with Crippen molar-refractivity contribution in [3.8, 4) is 0 Å². The molecular formula is C41H70N7O11Si+. The minimum atomic E-state index is -1.28. The standard InChI is InChI=1S/C41H69N7O11Si/c1-4-41(26-57-38(52)46-23-34-12-5-9-31(17-34)20-42-29-49,27-58-39(53)47-24-35-13-6-10-32(18-35)21-43-30-50)28-59-40(54)48-25-36-14-7-11-33(19-36)22-45-37(51)44-15-8-16-60(55-2)56-3/h31-36H,4-28H2,1-3H3,(H4-,44,45,46,47,48,51,52,53,54)/p+1. The van der Waals surface area contributed by atoms with Crippen molar-refractivity contribution in [2.45, 2.75) is 103 Å². The van der Waals surface area contributed by atoms with E-state index < -0.39 is 33.0 Å². The third-order valence-electron chi connectivity index (χ3n) is 12.2. The van der Waals surface area contributed by atoms with Crippen LogP contribution in [-0.2, 0) is 32.7 Å². The molecule has 3 aliphatic carbocycles. The van der Waals surface area contributed by atoms with E-state index >= 15 is 0 Å². The highest BCUT2D eigenvalue weighted by Gasteiger charge is 2.35. The molecule has 0 aromatic rings. The van der Waals surface area contributed by atoms with E-state index in [0.717, 1.165) is 89.5 Å². The number of amides is 5. The lowest BCUT2D eigenvalue weighted by molar-refractivity contribution is -0.0181. The van der Waals surface area contributed by atoms with E-state index in [2.05, 4.69) is 36.6 Å². The van der Waals surface area contributed by atoms with E-state index in [1.807, 2.05) is 6.92 Å². The van der Waals surface area contributed by atoms with Gasteiger partial charge in [-0.2, -0.15) is 0 Å². The summed E-state index contributed by atoms with van der Waals surface area (Å²) in [4.78, 5) is 79.9. The van der Waals surface area contributed by atoms with Crippen LogP contribution in [0.5, 0.6) is 0 Å². The summed E-state index contributed by atoms with van der Waals surface area (Å²) in [5.74, 6) is 1.52. The molecule has 19 heteroatoms. The van der Waals surface area contributed by atoms with Gasteiger partial charge >= 0.3 is 33.6 Å². The van der Waals surface area contributed by atoms with Crippen LogP contribution in [0.4, 0.5) is 19.2 Å². The van der Waals surface area contributed by atoms with Crippen molar-refractivity contribution in [1.29, 1.82) is 0 Å². The maximum atomic E-state index is 13.1. The summed E-state index contributed by atoms with van der Waals surface area (Å²) in [6, 6.07) is 0.575. The Bertz CT molecular complexity index is 1340. The van der Waals surface area contributed by atoms with E-state index in [9.17, 15) is 28.8 Å². The lowest BCUT2D eigenvalue weighted by Crippen LogP contribution is -2.43. The molecule has 3 aliphatic rings. The van der Waals surface area contributed by atoms with E-state index in [-0.39, 0.29) is 61.4 Å². The summed E-state index contributed by atoms with van der Waals surface area (Å²) in [6.07, 6.45) is 13.8. The van der Waals surface area contributed by atoms with Gasteiger partial charge in [0.25, 0.3) is 0 Å². The van der Waals surface area contributed by atoms with Crippen LogP contribution in [0.3, 0.4) is 0 Å². The molecule has 18 nitrogen and oxygen atoms in total. The van der Waals surface area contributed by atoms with Gasteiger partial charge < -0.3 is 40.8 Å². The molecule has 3 rings (SSSR count). The average molecular weight is 865 g/mol. The Morgan fingerprint density at radius 1 is 0.600 bits per heavy atom. The number of urea groups is 1. The number of ether oxygens (including phenoxy) is 3. The van der Waals surface area contributed by atoms with Crippen LogP contribution in [0, 0.1) is 40.9 Å². The molecule has 338 valence electrons. The van der Waals surface area contributed by atoms with Crippen LogP contribution in [0.15, 0.2) is 9.98 Å². The quantitative estimate of drug-likeness (QED) is 0.0266. The molecule has 0 aromatic heterocycles. The molecule has 0 saturated heterocycles. The molecule has 6 atom stereocenters. The average Bonchev–Trinajstić information content (AvgIpc) is 3.27. The van der Waals surface area contributed by atoms with Gasteiger partial charge in [-0.15, -0.1) is 0 Å². The van der Waals surface area contributed by atoms with Crippen molar-refractivity contribution in [1.82, 2.24) is 26.6 Å². The smallest absolute Gasteiger partial charge is 0.449 e. The van der Waals surface area contributed by atoms with Crippen LogP contribution in [0.2, 0.25) is 6.04 Å². The molecular weight excluding hydrogens is 795 g/mol. The lowest BCUT2D eigenvalue weighted by atomic mass is 9.81. The van der Waals surface area contributed by atoms with Crippen molar-refractivity contribution in [2.24, 2.45) is 50.9 Å². The predicted molar refractivity (Wildman–Crippen MR) is 224 cm³/mol. The zero-order chi connectivity index (χ0) is 43.4. The fourth-order valence-corrected chi connectivity index (χ4v) is 9.60. The van der Waals surface area contributed by atoms with Crippen LogP contribution >= 0.6 is 0 Å². The monoisotopic (exact) mass is 864 g/mol. The van der Waals surface area contributed by atoms with E-state index in [1.165, 1.54) is 0 Å². The normalized spacial score (nSPS) is 23.5. The summed E-state index contributed by atoms with van der Waals surface area (Å²) < 4.78 is 27.6. The minimum absolute atomic E-state index is 0.161. The van der Waals surface area contributed by atoms with Crippen LogP contribution in [0.1, 0.15) is 96.8 Å². The number of aliphatic imine (C=N–C) groups is 2. The van der Waals surface area contributed by atoms with Gasteiger partial charge in [0.2, 0.25) is 12.2 Å². The Morgan fingerprint density at radius 3 is 1.37 bits per heavy atom. The Morgan fingerprint density at radius 2 is 0.983 bits per heavy atom. The highest BCUT2D eigenvalue weighted by Crippen LogP contribution is 2.31. The SMILES string of the molecule is CCC(COC(=O)NCC1CCCC(CN=C=O)C1)(COC(=O)NCC1CCCC(CN=C=O)C1)COC(=O)NCC1CCCC(CNC(=O)NCCC[Si+](OC)OC)C1. The molecule has 3 fully saturated rings. The lowest BCUT2D eigenvalue weighted by Gasteiger charge is -2.32. The Kier molecular flexibility index (Phi) is 24.6. The maximum Gasteiger partial charge on any atom is 0.643 e. The Hall–Kier alpha value is -4.02. The molecule has 5 N–H and O–H groups in total. The number of rotatable bonds is 25. The highest BCUT2D eigenvalue weighted by molar-refractivity contribution is 6.44. The summed E-state index contributed by atoms with van der Waals surface area (Å²) >= 11 is 0. The van der Waals surface area contributed by atoms with Gasteiger partial charge in [-0.1, -0.05) is 26.2 Å². The third kappa shape index (κ3) is 20.5. The second-order valence-electron chi connectivity index (χ2n) is 16.8. The second kappa shape index (κ2) is 29.3. The molecule has 6 unspecified atom stereocenters. The molecule has 0 radical (unpaired) electrons. The summed E-state index contributed by atoms with van der Waals surface area (Å²) in [5, 5.41) is 14.5. The first kappa shape index (κ1) is 50.3. The first-order valence-electron chi connectivity index (χ1n) is 21.8. The number of alkyl carbamates (subject to hydrolysis) is 3. The maximum absolute atomic E-state index is 13.1. The largest absolute Gasteiger partial charge is 0.643 e. The zero-order valence-electron chi connectivity index (χ0n) is 36.0. The molecule has 0 heterocycles. The third-order valence-corrected chi connectivity index (χ3v) is 13.9. The number of hydrogen-bond acceptors (Lipinski definition) is 13. The Balaban J connectivity index is 1.48. The number of carbonyl (C=O) groups is 4. The van der Waals surface area contributed by atoms with E-state index in [0.29, 0.717) is 52.2 Å². The van der Waals surface area contributed by atoms with Gasteiger partial charge in [0.1, 0.15) is 25.9 Å². The summed E-state index contributed by atoms with van der Waals surface area (Å²) in [6.45, 7) is 4.58. The van der Waals surface area contributed by atoms with Gasteiger partial charge in [-0.25, -0.2) is 47.6 Å². The van der Waals surface area contributed by atoms with Crippen LogP contribution in [-0.4, -0.2) is 126 Å². The van der Waals surface area contributed by atoms with Crippen LogP contribution < -0.4 is 26.6 Å². The topological polar surface area (TPSA) is 233 Å². The molecule has 3 saturated carbocycles. The molecule has 0 aliphatic heterocycles. The number of carbonyl (C=O) groups excluding carboxylic acids is 6. The van der Waals surface area contributed by atoms with Crippen molar-refractivity contribution in [3.05, 3.63) is 0 Å². The van der Waals surface area contributed by atoms with Crippen LogP contribution in [0.25, 0.3) is 0 Å². The molecule has 0 bridgehead atoms. The van der Waals surface area contributed by atoms with Crippen molar-refractivity contribution < 1.29 is 51.8 Å². The second-order valence-corrected chi connectivity index (χ2v) is 18.9. The first-order chi connectivity index (χ1) is 29.1. The van der Waals surface area contributed by atoms with Gasteiger partial charge in [0.05, 0.1) is 32.7 Å². The fraction of sp³-hybridized carbons (Fsp3) is 0.854. The van der Waals surface area contributed by atoms with E-state index in [4.69, 9.17) is 23.1 Å². The Labute approximate surface area is 357 Å². The van der Waals surface area contributed by atoms with Gasteiger partial charge in [0, 0.05) is 32.7 Å². The van der Waals surface area contributed by atoms with Gasteiger partial charge in [0.15, 0.2) is 0 Å².